The summed E-state index contributed by atoms with van der Waals surface area (Å²) in [5.74, 6) is -1.19. The first-order chi connectivity index (χ1) is 9.58. The zero-order valence-electron chi connectivity index (χ0n) is 10.5. The molecule has 20 heavy (non-hydrogen) atoms. The quantitative estimate of drug-likeness (QED) is 0.700. The molecule has 0 aliphatic carbocycles. The number of nitrogens with one attached hydrogen (secondary N) is 2. The highest BCUT2D eigenvalue weighted by atomic mass is 16.2. The molecule has 0 bridgehead atoms. The highest BCUT2D eigenvalue weighted by molar-refractivity contribution is 5.97. The molecular weight excluding hydrogens is 262 g/mol. The molecule has 0 radical (unpaired) electrons. The van der Waals surface area contributed by atoms with E-state index in [9.17, 15) is 14.4 Å². The first-order valence-electron chi connectivity index (χ1n) is 5.64. The molecule has 0 aliphatic rings. The number of carbonyl (C=O) groups is 2. The number of aromatic nitrogens is 3. The van der Waals surface area contributed by atoms with E-state index in [1.807, 2.05) is 0 Å². The second-order valence-electron chi connectivity index (χ2n) is 3.80. The molecule has 0 spiro atoms. The third-order valence-corrected chi connectivity index (χ3v) is 2.38. The number of nitrogens with zero attached hydrogens (tertiary/aromatic N) is 3. The molecule has 2 aromatic rings. The zero-order chi connectivity index (χ0) is 14.5. The van der Waals surface area contributed by atoms with Crippen molar-refractivity contribution in [3.8, 4) is 0 Å². The van der Waals surface area contributed by atoms with E-state index in [4.69, 9.17) is 0 Å². The molecule has 8 nitrogen and oxygen atoms in total. The fraction of sp³-hybridized carbons (Fsp3) is 0.0833. The van der Waals surface area contributed by atoms with Crippen molar-refractivity contribution < 1.29 is 9.59 Å². The number of carbonyl (C=O) groups excluding carboxylic acids is 2. The van der Waals surface area contributed by atoms with E-state index >= 15 is 0 Å². The molecule has 0 saturated heterocycles. The Kier molecular flexibility index (Phi) is 3.85. The summed E-state index contributed by atoms with van der Waals surface area (Å²) in [6, 6.07) is 7.31. The van der Waals surface area contributed by atoms with Crippen molar-refractivity contribution in [2.24, 2.45) is 7.05 Å². The van der Waals surface area contributed by atoms with Crippen molar-refractivity contribution in [3.05, 3.63) is 58.3 Å². The second kappa shape index (κ2) is 5.74. The normalized spacial score (nSPS) is 9.85. The van der Waals surface area contributed by atoms with Gasteiger partial charge >= 0.3 is 0 Å². The summed E-state index contributed by atoms with van der Waals surface area (Å²) in [6.07, 6.45) is 1.46. The molecule has 2 heterocycles. The number of hydrogen-bond acceptors (Lipinski definition) is 5. The van der Waals surface area contributed by atoms with Crippen LogP contribution in [0.15, 0.2) is 41.3 Å². The van der Waals surface area contributed by atoms with E-state index in [-0.39, 0.29) is 16.9 Å². The van der Waals surface area contributed by atoms with Gasteiger partial charge in [0, 0.05) is 19.3 Å². The summed E-state index contributed by atoms with van der Waals surface area (Å²) in [6.45, 7) is 0. The molecule has 0 saturated carbocycles. The van der Waals surface area contributed by atoms with Gasteiger partial charge in [0.2, 0.25) is 0 Å². The largest absolute Gasteiger partial charge is 0.290 e. The van der Waals surface area contributed by atoms with Crippen LogP contribution in [0.25, 0.3) is 0 Å². The van der Waals surface area contributed by atoms with Crippen molar-refractivity contribution in [2.45, 2.75) is 0 Å². The summed E-state index contributed by atoms with van der Waals surface area (Å²) < 4.78 is 1.02. The fourth-order valence-electron chi connectivity index (χ4n) is 1.36. The molecule has 2 amide bonds. The Balaban J connectivity index is 2.00. The standard InChI is InChI=1S/C12H11N5O3/c1-17-10(18)6-5-9(16-17)12(20)15-14-11(19)8-4-2-3-7-13-8/h2-7H,1H3,(H,14,19)(H,15,20). The van der Waals surface area contributed by atoms with Crippen LogP contribution in [0.1, 0.15) is 21.0 Å². The van der Waals surface area contributed by atoms with Crippen LogP contribution >= 0.6 is 0 Å². The zero-order valence-corrected chi connectivity index (χ0v) is 10.5. The predicted molar refractivity (Wildman–Crippen MR) is 68.6 cm³/mol. The summed E-state index contributed by atoms with van der Waals surface area (Å²) in [5, 5.41) is 3.75. The lowest BCUT2D eigenvalue weighted by Gasteiger charge is -2.06. The van der Waals surface area contributed by atoms with E-state index in [1.54, 1.807) is 12.1 Å². The molecule has 2 aromatic heterocycles. The van der Waals surface area contributed by atoms with Crippen molar-refractivity contribution in [1.82, 2.24) is 25.6 Å². The van der Waals surface area contributed by atoms with Crippen LogP contribution in [-0.2, 0) is 7.05 Å². The summed E-state index contributed by atoms with van der Waals surface area (Å²) in [5.41, 5.74) is 4.23. The number of rotatable bonds is 2. The summed E-state index contributed by atoms with van der Waals surface area (Å²) in [7, 11) is 1.42. The van der Waals surface area contributed by atoms with Gasteiger partial charge in [-0.05, 0) is 18.2 Å². The van der Waals surface area contributed by atoms with Crippen LogP contribution in [0.4, 0.5) is 0 Å². The maximum Gasteiger partial charge on any atom is 0.290 e. The van der Waals surface area contributed by atoms with E-state index in [2.05, 4.69) is 20.9 Å². The average molecular weight is 273 g/mol. The first kappa shape index (κ1) is 13.4. The molecule has 0 fully saturated rings. The third kappa shape index (κ3) is 3.05. The van der Waals surface area contributed by atoms with Crippen molar-refractivity contribution in [3.63, 3.8) is 0 Å². The molecule has 102 valence electrons. The molecule has 2 N–H and O–H groups in total. The topological polar surface area (TPSA) is 106 Å². The molecule has 0 aliphatic heterocycles. The Hall–Kier alpha value is -3.03. The fourth-order valence-corrected chi connectivity index (χ4v) is 1.36. The SMILES string of the molecule is Cn1nc(C(=O)NNC(=O)c2ccccn2)ccc1=O. The van der Waals surface area contributed by atoms with Gasteiger partial charge in [0.05, 0.1) is 0 Å². The van der Waals surface area contributed by atoms with E-state index in [0.29, 0.717) is 0 Å². The van der Waals surface area contributed by atoms with Gasteiger partial charge in [-0.3, -0.25) is 30.2 Å². The molecular formula is C12H11N5O3. The van der Waals surface area contributed by atoms with Gasteiger partial charge in [-0.2, -0.15) is 5.10 Å². The number of aryl methyl sites for hydroxylation is 1. The second-order valence-corrected chi connectivity index (χ2v) is 3.80. The van der Waals surface area contributed by atoms with Crippen LogP contribution in [0, 0.1) is 0 Å². The van der Waals surface area contributed by atoms with E-state index in [0.717, 1.165) is 4.68 Å². The number of hydrazine groups is 1. The van der Waals surface area contributed by atoms with Gasteiger partial charge in [-0.15, -0.1) is 0 Å². The Bertz CT molecular complexity index is 696. The van der Waals surface area contributed by atoms with Crippen molar-refractivity contribution in [2.75, 3.05) is 0 Å². The first-order valence-corrected chi connectivity index (χ1v) is 5.64. The van der Waals surface area contributed by atoms with Crippen LogP contribution in [0.2, 0.25) is 0 Å². The maximum atomic E-state index is 11.7. The van der Waals surface area contributed by atoms with Gasteiger partial charge in [0.25, 0.3) is 17.4 Å². The van der Waals surface area contributed by atoms with Crippen LogP contribution in [0.3, 0.4) is 0 Å². The minimum Gasteiger partial charge on any atom is -0.268 e. The van der Waals surface area contributed by atoms with E-state index < -0.39 is 11.8 Å². The number of amides is 2. The maximum absolute atomic E-state index is 11.7. The minimum atomic E-state index is -0.634. The Morgan fingerprint density at radius 3 is 2.35 bits per heavy atom. The lowest BCUT2D eigenvalue weighted by molar-refractivity contribution is 0.0840. The average Bonchev–Trinajstić information content (AvgIpc) is 2.48. The van der Waals surface area contributed by atoms with Gasteiger partial charge in [-0.25, -0.2) is 4.68 Å². The summed E-state index contributed by atoms with van der Waals surface area (Å²) in [4.78, 5) is 38.3. The Morgan fingerprint density at radius 2 is 1.75 bits per heavy atom. The molecule has 0 aromatic carbocycles. The lowest BCUT2D eigenvalue weighted by atomic mass is 10.3. The molecule has 0 atom stereocenters. The highest BCUT2D eigenvalue weighted by Gasteiger charge is 2.11. The Morgan fingerprint density at radius 1 is 1.05 bits per heavy atom. The summed E-state index contributed by atoms with van der Waals surface area (Å²) >= 11 is 0. The van der Waals surface area contributed by atoms with Crippen molar-refractivity contribution >= 4 is 11.8 Å². The van der Waals surface area contributed by atoms with E-state index in [1.165, 1.54) is 31.4 Å². The van der Waals surface area contributed by atoms with Gasteiger partial charge < -0.3 is 0 Å². The van der Waals surface area contributed by atoms with Crippen molar-refractivity contribution in [1.29, 1.82) is 0 Å². The smallest absolute Gasteiger partial charge is 0.268 e. The molecule has 8 heteroatoms. The predicted octanol–water partition coefficient (Wildman–Crippen LogP) is -0.750. The minimum absolute atomic E-state index is 0.00780. The monoisotopic (exact) mass is 273 g/mol. The molecule has 0 unspecified atom stereocenters. The Labute approximate surface area is 113 Å². The third-order valence-electron chi connectivity index (χ3n) is 2.38. The van der Waals surface area contributed by atoms with Gasteiger partial charge in [-0.1, -0.05) is 6.07 Å². The van der Waals surface area contributed by atoms with Gasteiger partial charge in [0.15, 0.2) is 5.69 Å². The van der Waals surface area contributed by atoms with Crippen LogP contribution < -0.4 is 16.4 Å². The van der Waals surface area contributed by atoms with Crippen LogP contribution in [0.5, 0.6) is 0 Å². The lowest BCUT2D eigenvalue weighted by Crippen LogP contribution is -2.42. The number of hydrogen-bond donors (Lipinski definition) is 2. The highest BCUT2D eigenvalue weighted by Crippen LogP contribution is 1.92. The van der Waals surface area contributed by atoms with Crippen LogP contribution in [-0.4, -0.2) is 26.6 Å². The van der Waals surface area contributed by atoms with Gasteiger partial charge in [0.1, 0.15) is 5.69 Å². The molecule has 2 rings (SSSR count). The number of pyridine rings is 1.